The predicted molar refractivity (Wildman–Crippen MR) is 81.0 cm³/mol. The predicted octanol–water partition coefficient (Wildman–Crippen LogP) is 4.81. The summed E-state index contributed by atoms with van der Waals surface area (Å²) in [5, 5.41) is 10.6. The molecule has 0 radical (unpaired) electrons. The summed E-state index contributed by atoms with van der Waals surface area (Å²) < 4.78 is 0. The molecule has 1 nitrogen and oxygen atoms in total. The molecule has 0 saturated heterocycles. The molecule has 0 aromatic heterocycles. The fourth-order valence-electron chi connectivity index (χ4n) is 3.26. The third kappa shape index (κ3) is 4.21. The lowest BCUT2D eigenvalue weighted by Crippen LogP contribution is -2.22. The lowest BCUT2D eigenvalue weighted by atomic mass is 9.81. The van der Waals surface area contributed by atoms with E-state index in [-0.39, 0.29) is 0 Å². The van der Waals surface area contributed by atoms with Gasteiger partial charge in [-0.3, -0.25) is 0 Å². The number of hydrogen-bond donors (Lipinski definition) is 1. The Hall–Kier alpha value is -1.08. The fourth-order valence-corrected chi connectivity index (χ4v) is 3.26. The Morgan fingerprint density at radius 3 is 2.47 bits per heavy atom. The molecule has 1 N–H and O–H groups in total. The van der Waals surface area contributed by atoms with Gasteiger partial charge < -0.3 is 5.11 Å². The van der Waals surface area contributed by atoms with Gasteiger partial charge in [0.1, 0.15) is 0 Å². The number of aliphatic hydroxyl groups is 1. The van der Waals surface area contributed by atoms with Gasteiger partial charge in [0.2, 0.25) is 0 Å². The van der Waals surface area contributed by atoms with Gasteiger partial charge >= 0.3 is 0 Å². The van der Waals surface area contributed by atoms with Gasteiger partial charge in [-0.2, -0.15) is 0 Å². The van der Waals surface area contributed by atoms with Gasteiger partial charge in [0.15, 0.2) is 0 Å². The Morgan fingerprint density at radius 1 is 1.21 bits per heavy atom. The smallest absolute Gasteiger partial charge is 0.0905 e. The van der Waals surface area contributed by atoms with Crippen LogP contribution < -0.4 is 0 Å². The summed E-state index contributed by atoms with van der Waals surface area (Å²) in [5.74, 6) is 0.799. The zero-order valence-corrected chi connectivity index (χ0v) is 12.1. The van der Waals surface area contributed by atoms with E-state index >= 15 is 0 Å². The summed E-state index contributed by atoms with van der Waals surface area (Å²) in [5.41, 5.74) is 1.40. The van der Waals surface area contributed by atoms with Crippen LogP contribution in [0.25, 0.3) is 0 Å². The minimum Gasteiger partial charge on any atom is -0.385 e. The van der Waals surface area contributed by atoms with Crippen LogP contribution in [0.5, 0.6) is 0 Å². The van der Waals surface area contributed by atoms with E-state index in [9.17, 15) is 5.11 Å². The molecule has 19 heavy (non-hydrogen) atoms. The molecular weight excluding hydrogens is 232 g/mol. The van der Waals surface area contributed by atoms with Crippen LogP contribution in [-0.2, 0) is 5.60 Å². The summed E-state index contributed by atoms with van der Waals surface area (Å²) in [6.45, 7) is 6.10. The Labute approximate surface area is 117 Å². The van der Waals surface area contributed by atoms with Crippen molar-refractivity contribution in [1.82, 2.24) is 0 Å². The quantitative estimate of drug-likeness (QED) is 0.751. The van der Waals surface area contributed by atoms with E-state index in [0.717, 1.165) is 17.9 Å². The van der Waals surface area contributed by atoms with Gasteiger partial charge in [0, 0.05) is 6.42 Å². The van der Waals surface area contributed by atoms with E-state index in [4.69, 9.17) is 0 Å². The van der Waals surface area contributed by atoms with Crippen LogP contribution in [-0.4, -0.2) is 5.11 Å². The zero-order chi connectivity index (χ0) is 13.7. The van der Waals surface area contributed by atoms with Crippen molar-refractivity contribution in [3.8, 4) is 0 Å². The Bertz CT molecular complexity index is 399. The summed E-state index contributed by atoms with van der Waals surface area (Å²) >= 11 is 0. The normalized spacial score (nSPS) is 19.9. The van der Waals surface area contributed by atoms with E-state index in [2.05, 4.69) is 6.58 Å². The zero-order valence-electron chi connectivity index (χ0n) is 12.1. The maximum atomic E-state index is 10.6. The first-order valence-electron chi connectivity index (χ1n) is 7.52. The molecule has 0 spiro atoms. The number of hydrogen-bond acceptors (Lipinski definition) is 1. The lowest BCUT2D eigenvalue weighted by molar-refractivity contribution is 0.0561. The van der Waals surface area contributed by atoms with E-state index in [1.54, 1.807) is 0 Å². The maximum absolute atomic E-state index is 10.6. The molecule has 1 aromatic carbocycles. The van der Waals surface area contributed by atoms with Crippen molar-refractivity contribution in [2.45, 2.75) is 57.5 Å². The molecule has 1 aromatic rings. The second-order valence-electron chi connectivity index (χ2n) is 6.27. The van der Waals surface area contributed by atoms with Crippen molar-refractivity contribution < 1.29 is 5.11 Å². The third-order valence-electron chi connectivity index (χ3n) is 4.29. The molecule has 0 bridgehead atoms. The Balaban J connectivity index is 1.90. The van der Waals surface area contributed by atoms with Gasteiger partial charge in [-0.15, -0.1) is 0 Å². The molecular formula is C18H26O. The highest BCUT2D eigenvalue weighted by Crippen LogP contribution is 2.33. The average molecular weight is 258 g/mol. The second-order valence-corrected chi connectivity index (χ2v) is 6.27. The van der Waals surface area contributed by atoms with Crippen LogP contribution in [0, 0.1) is 5.92 Å². The standard InChI is InChI=1S/C18H26O/c1-15(13-16-9-5-3-6-10-16)14-18(2,19)17-11-7-4-8-12-17/h4,7-8,11-12,16,19H,1,3,5-6,9-10,13-14H2,2H3/t18-/m0/s1. The highest BCUT2D eigenvalue weighted by Gasteiger charge is 2.25. The topological polar surface area (TPSA) is 20.2 Å². The molecule has 1 fully saturated rings. The average Bonchev–Trinajstić information content (AvgIpc) is 2.40. The molecule has 0 amide bonds. The summed E-state index contributed by atoms with van der Waals surface area (Å²) in [6, 6.07) is 9.93. The maximum Gasteiger partial charge on any atom is 0.0905 e. The first-order chi connectivity index (χ1) is 9.08. The molecule has 0 aliphatic heterocycles. The highest BCUT2D eigenvalue weighted by molar-refractivity contribution is 5.23. The van der Waals surface area contributed by atoms with Crippen LogP contribution in [0.2, 0.25) is 0 Å². The van der Waals surface area contributed by atoms with Crippen LogP contribution in [0.1, 0.15) is 57.4 Å². The van der Waals surface area contributed by atoms with Gasteiger partial charge in [-0.25, -0.2) is 0 Å². The Kier molecular flexibility index (Phi) is 4.81. The highest BCUT2D eigenvalue weighted by atomic mass is 16.3. The molecule has 104 valence electrons. The molecule has 1 aliphatic rings. The first-order valence-corrected chi connectivity index (χ1v) is 7.52. The number of rotatable bonds is 5. The SMILES string of the molecule is C=C(CC1CCCCC1)C[C@](C)(O)c1ccccc1. The third-order valence-corrected chi connectivity index (χ3v) is 4.29. The van der Waals surface area contributed by atoms with Crippen molar-refractivity contribution in [1.29, 1.82) is 0 Å². The first kappa shape index (κ1) is 14.3. The second kappa shape index (κ2) is 6.38. The van der Waals surface area contributed by atoms with Crippen molar-refractivity contribution >= 4 is 0 Å². The molecule has 1 saturated carbocycles. The summed E-state index contributed by atoms with van der Waals surface area (Å²) in [7, 11) is 0. The van der Waals surface area contributed by atoms with Crippen molar-refractivity contribution in [2.75, 3.05) is 0 Å². The van der Waals surface area contributed by atoms with Gasteiger partial charge in [-0.1, -0.05) is 74.6 Å². The molecule has 0 heterocycles. The van der Waals surface area contributed by atoms with Crippen LogP contribution in [0.3, 0.4) is 0 Å². The number of benzene rings is 1. The fraction of sp³-hybridized carbons (Fsp3) is 0.556. The van der Waals surface area contributed by atoms with Crippen molar-refractivity contribution in [3.05, 3.63) is 48.0 Å². The molecule has 1 heteroatoms. The van der Waals surface area contributed by atoms with E-state index in [1.165, 1.54) is 37.7 Å². The minimum absolute atomic E-state index is 0.674. The van der Waals surface area contributed by atoms with Crippen LogP contribution in [0.15, 0.2) is 42.5 Å². The van der Waals surface area contributed by atoms with Gasteiger partial charge in [0.25, 0.3) is 0 Å². The Morgan fingerprint density at radius 2 is 1.84 bits per heavy atom. The molecule has 2 rings (SSSR count). The molecule has 0 unspecified atom stereocenters. The summed E-state index contributed by atoms with van der Waals surface area (Å²) in [4.78, 5) is 0. The summed E-state index contributed by atoms with van der Waals surface area (Å²) in [6.07, 6.45) is 8.57. The molecule has 1 aliphatic carbocycles. The van der Waals surface area contributed by atoms with E-state index in [0.29, 0.717) is 6.42 Å². The van der Waals surface area contributed by atoms with Crippen molar-refractivity contribution in [3.63, 3.8) is 0 Å². The molecule has 1 atom stereocenters. The largest absolute Gasteiger partial charge is 0.385 e. The van der Waals surface area contributed by atoms with Crippen LogP contribution in [0.4, 0.5) is 0 Å². The van der Waals surface area contributed by atoms with Crippen molar-refractivity contribution in [2.24, 2.45) is 5.92 Å². The minimum atomic E-state index is -0.785. The lowest BCUT2D eigenvalue weighted by Gasteiger charge is -2.28. The van der Waals surface area contributed by atoms with E-state index in [1.807, 2.05) is 37.3 Å². The van der Waals surface area contributed by atoms with Gasteiger partial charge in [-0.05, 0) is 24.8 Å². The van der Waals surface area contributed by atoms with Gasteiger partial charge in [0.05, 0.1) is 5.60 Å². The van der Waals surface area contributed by atoms with Crippen LogP contribution >= 0.6 is 0 Å². The monoisotopic (exact) mass is 258 g/mol. The van der Waals surface area contributed by atoms with E-state index < -0.39 is 5.60 Å².